The minimum atomic E-state index is -5.05. The number of nitrogens with two attached hydrogens (primary N) is 1. The maximum absolute atomic E-state index is 11.6. The van der Waals surface area contributed by atoms with E-state index in [9.17, 15) is 30.1 Å². The molecule has 2 atom stereocenters. The van der Waals surface area contributed by atoms with Gasteiger partial charge in [0.05, 0.1) is 9.79 Å². The van der Waals surface area contributed by atoms with Crippen molar-refractivity contribution in [3.63, 3.8) is 0 Å². The van der Waals surface area contributed by atoms with Crippen LogP contribution in [0, 0.1) is 0 Å². The van der Waals surface area contributed by atoms with Crippen LogP contribution in [0.5, 0.6) is 0 Å². The Labute approximate surface area is 257 Å². The molecule has 2 aromatic rings. The largest absolute Gasteiger partial charge is 1.00 e. The van der Waals surface area contributed by atoms with Gasteiger partial charge >= 0.3 is 103 Å². The van der Waals surface area contributed by atoms with Gasteiger partial charge in [-0.05, 0) is 41.5 Å². The predicted octanol–water partition coefficient (Wildman–Crippen LogP) is -5.14. The number of hydrogen-bond donors (Lipinski definition) is 1. The zero-order valence-corrected chi connectivity index (χ0v) is 23.9. The first-order chi connectivity index (χ1) is 11.9. The topological polar surface area (TPSA) is 167 Å². The minimum Gasteiger partial charge on any atom is -0.744 e. The standard InChI is InChI=1S/C14H15NO8S3.CH4.2K/c1-24(16)11-4-2-3-9(5-11)14(23-15)10-6-12(25(17,18)19)8-13(7-10)26(20,21)22;;;/h2-8,14H,15H2,1H3,(H,17,18,19)(H,20,21,22);1H4;;/q;;2*+1/p-2. The van der Waals surface area contributed by atoms with Crippen molar-refractivity contribution in [1.29, 1.82) is 0 Å². The van der Waals surface area contributed by atoms with E-state index in [4.69, 9.17) is 10.7 Å². The van der Waals surface area contributed by atoms with Crippen molar-refractivity contribution in [3.8, 4) is 0 Å². The van der Waals surface area contributed by atoms with Crippen molar-refractivity contribution in [1.82, 2.24) is 0 Å². The van der Waals surface area contributed by atoms with E-state index in [0.717, 1.165) is 12.1 Å². The fraction of sp³-hybridized carbons (Fsp3) is 0.200. The van der Waals surface area contributed by atoms with Gasteiger partial charge in [-0.15, -0.1) is 0 Å². The van der Waals surface area contributed by atoms with E-state index < -0.39 is 46.9 Å². The first kappa shape index (κ1) is 32.8. The van der Waals surface area contributed by atoms with Crippen molar-refractivity contribution >= 4 is 31.0 Å². The van der Waals surface area contributed by atoms with Gasteiger partial charge in [-0.25, -0.2) is 22.7 Å². The third-order valence-electron chi connectivity index (χ3n) is 3.41. The smallest absolute Gasteiger partial charge is 0.744 e. The van der Waals surface area contributed by atoms with Crippen LogP contribution in [0.4, 0.5) is 0 Å². The molecule has 0 saturated carbocycles. The Balaban J connectivity index is 0. The van der Waals surface area contributed by atoms with E-state index >= 15 is 0 Å². The Morgan fingerprint density at radius 3 is 1.79 bits per heavy atom. The van der Waals surface area contributed by atoms with E-state index in [-0.39, 0.29) is 116 Å². The van der Waals surface area contributed by atoms with Crippen molar-refractivity contribution in [2.45, 2.75) is 28.2 Å². The summed E-state index contributed by atoms with van der Waals surface area (Å²) in [6, 6.07) is 8.28. The van der Waals surface area contributed by atoms with Crippen LogP contribution in [0.1, 0.15) is 24.7 Å². The number of rotatable bonds is 6. The normalized spacial score (nSPS) is 13.2. The third-order valence-corrected chi connectivity index (χ3v) is 5.96. The second-order valence-electron chi connectivity index (χ2n) is 5.19. The van der Waals surface area contributed by atoms with Gasteiger partial charge in [-0.2, -0.15) is 0 Å². The Kier molecular flexibility index (Phi) is 15.1. The SMILES string of the molecule is C.CS(=O)c1cccc(C(ON)c2cc(S(=O)(=O)[O-])cc(S(=O)(=O)[O-])c2)c1.[K+].[K+]. The molecule has 0 amide bonds. The molecule has 0 fully saturated rings. The van der Waals surface area contributed by atoms with E-state index in [0.29, 0.717) is 16.5 Å². The van der Waals surface area contributed by atoms with Crippen LogP contribution in [0.2, 0.25) is 0 Å². The monoisotopic (exact) mass is 513 g/mol. The summed E-state index contributed by atoms with van der Waals surface area (Å²) in [7, 11) is -11.4. The molecule has 2 unspecified atom stereocenters. The summed E-state index contributed by atoms with van der Waals surface area (Å²) in [4.78, 5) is 3.38. The Hall–Kier alpha value is 1.60. The molecule has 2 N–H and O–H groups in total. The van der Waals surface area contributed by atoms with E-state index in [1.165, 1.54) is 24.5 Å². The molecule has 0 bridgehead atoms. The second-order valence-corrected chi connectivity index (χ2v) is 9.33. The fourth-order valence-electron chi connectivity index (χ4n) is 2.24. The molecule has 0 saturated heterocycles. The molecule has 9 nitrogen and oxygen atoms in total. The maximum Gasteiger partial charge on any atom is 1.00 e. The van der Waals surface area contributed by atoms with Crippen LogP contribution < -0.4 is 109 Å². The summed E-state index contributed by atoms with van der Waals surface area (Å²) in [6.45, 7) is 0. The van der Waals surface area contributed by atoms with Gasteiger partial charge in [-0.3, -0.25) is 9.05 Å². The molecule has 0 spiro atoms. The van der Waals surface area contributed by atoms with Crippen LogP contribution in [-0.2, 0) is 35.9 Å². The first-order valence-electron chi connectivity index (χ1n) is 6.79. The van der Waals surface area contributed by atoms with E-state index in [2.05, 4.69) is 0 Å². The average Bonchev–Trinajstić information content (AvgIpc) is 2.54. The fourth-order valence-corrected chi connectivity index (χ4v) is 3.99. The molecule has 0 heterocycles. The minimum absolute atomic E-state index is 0. The van der Waals surface area contributed by atoms with Crippen molar-refractivity contribution in [3.05, 3.63) is 53.6 Å². The predicted molar refractivity (Wildman–Crippen MR) is 95.0 cm³/mol. The zero-order valence-electron chi connectivity index (χ0n) is 15.2. The van der Waals surface area contributed by atoms with Gasteiger partial charge in [0, 0.05) is 22.0 Å². The Morgan fingerprint density at radius 1 is 0.931 bits per heavy atom. The molecule has 0 aliphatic heterocycles. The van der Waals surface area contributed by atoms with Crippen LogP contribution in [0.25, 0.3) is 0 Å². The van der Waals surface area contributed by atoms with E-state index in [1.807, 2.05) is 0 Å². The van der Waals surface area contributed by atoms with Crippen LogP contribution in [0.15, 0.2) is 57.2 Å². The molecule has 0 radical (unpaired) electrons. The average molecular weight is 514 g/mol. The summed E-state index contributed by atoms with van der Waals surface area (Å²) in [5.41, 5.74) is 0.174. The van der Waals surface area contributed by atoms with Gasteiger partial charge in [0.2, 0.25) is 0 Å². The van der Waals surface area contributed by atoms with Crippen LogP contribution in [0.3, 0.4) is 0 Å². The molecule has 14 heteroatoms. The quantitative estimate of drug-likeness (QED) is 0.226. The molecule has 0 aromatic heterocycles. The molecule has 29 heavy (non-hydrogen) atoms. The first-order valence-corrected chi connectivity index (χ1v) is 11.2. The van der Waals surface area contributed by atoms with Crippen molar-refractivity contribution in [2.24, 2.45) is 5.90 Å². The van der Waals surface area contributed by atoms with E-state index in [1.54, 1.807) is 6.07 Å². The van der Waals surface area contributed by atoms with Gasteiger partial charge < -0.3 is 9.11 Å². The molecular weight excluding hydrogens is 497 g/mol. The summed E-state index contributed by atoms with van der Waals surface area (Å²) in [5, 5.41) is 0. The number of benzene rings is 2. The maximum atomic E-state index is 11.6. The zero-order chi connectivity index (χ0) is 19.7. The molecule has 150 valence electrons. The summed E-state index contributed by atoms with van der Waals surface area (Å²) < 4.78 is 79.4. The van der Waals surface area contributed by atoms with Crippen molar-refractivity contribution in [2.75, 3.05) is 6.26 Å². The Morgan fingerprint density at radius 2 is 1.41 bits per heavy atom. The molecule has 0 aliphatic rings. The summed E-state index contributed by atoms with van der Waals surface area (Å²) >= 11 is 0. The Bertz CT molecular complexity index is 1020. The van der Waals surface area contributed by atoms with Crippen LogP contribution >= 0.6 is 0 Å². The molecule has 2 rings (SSSR count). The number of hydrogen-bond acceptors (Lipinski definition) is 9. The summed E-state index contributed by atoms with van der Waals surface area (Å²) in [6.07, 6.45) is 0.227. The van der Waals surface area contributed by atoms with Gasteiger partial charge in [0.1, 0.15) is 26.3 Å². The molecular formula is C15H17K2NO8S3. The second kappa shape index (κ2) is 13.3. The molecule has 0 aliphatic carbocycles. The van der Waals surface area contributed by atoms with Gasteiger partial charge in [0.25, 0.3) is 0 Å². The van der Waals surface area contributed by atoms with Crippen LogP contribution in [-0.4, -0.2) is 36.4 Å². The van der Waals surface area contributed by atoms with Gasteiger partial charge in [-0.1, -0.05) is 19.6 Å². The third kappa shape index (κ3) is 9.17. The summed E-state index contributed by atoms with van der Waals surface area (Å²) in [5.74, 6) is 5.25. The van der Waals surface area contributed by atoms with Crippen molar-refractivity contribution < 1.29 is 138 Å². The molecule has 2 aromatic carbocycles. The van der Waals surface area contributed by atoms with Gasteiger partial charge in [0.15, 0.2) is 0 Å².